The van der Waals surface area contributed by atoms with Gasteiger partial charge in [0.25, 0.3) is 5.91 Å². The number of fused-ring (bicyclic) bond motifs is 1. The van der Waals surface area contributed by atoms with Crippen molar-refractivity contribution in [3.63, 3.8) is 0 Å². The Bertz CT molecular complexity index is 681. The maximum absolute atomic E-state index is 12.9. The normalized spacial score (nSPS) is 23.3. The number of nitrogens with one attached hydrogen (secondary N) is 1. The van der Waals surface area contributed by atoms with Crippen LogP contribution in [0.3, 0.4) is 0 Å². The number of carbonyl (C=O) groups is 3. The molecular formula is C19H25N3O5. The van der Waals surface area contributed by atoms with Crippen LogP contribution in [-0.4, -0.2) is 58.3 Å². The molecule has 8 heteroatoms. The van der Waals surface area contributed by atoms with E-state index in [4.69, 9.17) is 4.74 Å². The molecule has 146 valence electrons. The maximum atomic E-state index is 12.9. The van der Waals surface area contributed by atoms with E-state index in [1.807, 2.05) is 35.3 Å². The lowest BCUT2D eigenvalue weighted by Gasteiger charge is -2.40. The highest BCUT2D eigenvalue weighted by atomic mass is 16.5. The van der Waals surface area contributed by atoms with Gasteiger partial charge in [-0.3, -0.25) is 14.6 Å². The zero-order valence-electron chi connectivity index (χ0n) is 15.2. The number of amides is 2. The zero-order chi connectivity index (χ0) is 19.2. The second-order valence-corrected chi connectivity index (χ2v) is 6.94. The molecule has 2 aliphatic rings. The van der Waals surface area contributed by atoms with Crippen molar-refractivity contribution < 1.29 is 24.2 Å². The van der Waals surface area contributed by atoms with Crippen molar-refractivity contribution in [3.05, 3.63) is 35.9 Å². The highest BCUT2D eigenvalue weighted by molar-refractivity contribution is 5.88. The molecule has 2 heterocycles. The molecule has 0 unspecified atom stereocenters. The predicted octanol–water partition coefficient (Wildman–Crippen LogP) is 1.76. The number of piperidine rings is 1. The lowest BCUT2D eigenvalue weighted by atomic mass is 9.98. The van der Waals surface area contributed by atoms with Gasteiger partial charge in [-0.2, -0.15) is 0 Å². The number of nitrogens with zero attached hydrogens (tertiary/aromatic N) is 2. The third-order valence-electron chi connectivity index (χ3n) is 5.04. The number of hydrazine groups is 1. The molecule has 2 N–H and O–H groups in total. The standard InChI is InChI=1S/C19H25N3O5/c23-17(24)12-22-18(25)16(10-9-15-8-4-5-11-21(15)22)20-19(26)27-13-14-6-2-1-3-7-14/h1-3,6-7,15-16H,4-5,8-13H2,(H,20,26)(H,23,24)/t15-,16-/m0/s1. The second-order valence-electron chi connectivity index (χ2n) is 6.94. The SMILES string of the molecule is O=C(O)CN1C(=O)[C@@H](NC(=O)OCc2ccccc2)CC[C@@H]2CCCCN21. The summed E-state index contributed by atoms with van der Waals surface area (Å²) in [4.78, 5) is 36.3. The second kappa shape index (κ2) is 8.85. The van der Waals surface area contributed by atoms with E-state index in [1.165, 1.54) is 5.01 Å². The monoisotopic (exact) mass is 375 g/mol. The van der Waals surface area contributed by atoms with E-state index in [2.05, 4.69) is 5.32 Å². The summed E-state index contributed by atoms with van der Waals surface area (Å²) in [6.45, 7) is 0.378. The Morgan fingerprint density at radius 1 is 1.15 bits per heavy atom. The van der Waals surface area contributed by atoms with Crippen LogP contribution >= 0.6 is 0 Å². The fourth-order valence-electron chi connectivity index (χ4n) is 3.72. The van der Waals surface area contributed by atoms with E-state index in [-0.39, 0.29) is 12.6 Å². The van der Waals surface area contributed by atoms with Crippen LogP contribution in [0.15, 0.2) is 30.3 Å². The number of aliphatic carboxylic acids is 1. The lowest BCUT2D eigenvalue weighted by Crippen LogP contribution is -2.57. The number of carboxylic acid groups (broad SMARTS) is 1. The number of benzene rings is 1. The highest BCUT2D eigenvalue weighted by Gasteiger charge is 2.39. The van der Waals surface area contributed by atoms with E-state index in [0.717, 1.165) is 31.2 Å². The van der Waals surface area contributed by atoms with Gasteiger partial charge in [0, 0.05) is 12.6 Å². The number of carbonyl (C=O) groups excluding carboxylic acids is 2. The number of ether oxygens (including phenoxy) is 1. The summed E-state index contributed by atoms with van der Waals surface area (Å²) in [5, 5.41) is 15.0. The number of hydrogen-bond donors (Lipinski definition) is 2. The quantitative estimate of drug-likeness (QED) is 0.814. The summed E-state index contributed by atoms with van der Waals surface area (Å²) in [6, 6.07) is 8.62. The fraction of sp³-hybridized carbons (Fsp3) is 0.526. The average molecular weight is 375 g/mol. The third-order valence-corrected chi connectivity index (χ3v) is 5.04. The summed E-state index contributed by atoms with van der Waals surface area (Å²) in [5.41, 5.74) is 0.851. The molecular weight excluding hydrogens is 350 g/mol. The third kappa shape index (κ3) is 4.97. The minimum absolute atomic E-state index is 0.112. The number of hydrogen-bond acceptors (Lipinski definition) is 5. The highest BCUT2D eigenvalue weighted by Crippen LogP contribution is 2.27. The van der Waals surface area contributed by atoms with Crippen molar-refractivity contribution >= 4 is 18.0 Å². The molecule has 3 rings (SSSR count). The van der Waals surface area contributed by atoms with Crippen LogP contribution in [0.25, 0.3) is 0 Å². The number of alkyl carbamates (subject to hydrolysis) is 1. The van der Waals surface area contributed by atoms with Crippen LogP contribution in [0, 0.1) is 0 Å². The van der Waals surface area contributed by atoms with E-state index in [1.54, 1.807) is 0 Å². The van der Waals surface area contributed by atoms with E-state index in [9.17, 15) is 19.5 Å². The maximum Gasteiger partial charge on any atom is 0.408 e. The van der Waals surface area contributed by atoms with Crippen LogP contribution in [0.2, 0.25) is 0 Å². The molecule has 8 nitrogen and oxygen atoms in total. The van der Waals surface area contributed by atoms with Crippen molar-refractivity contribution in [2.24, 2.45) is 0 Å². The number of rotatable bonds is 5. The molecule has 2 saturated heterocycles. The first-order valence-corrected chi connectivity index (χ1v) is 9.31. The largest absolute Gasteiger partial charge is 0.480 e. The van der Waals surface area contributed by atoms with Gasteiger partial charge in [-0.05, 0) is 31.2 Å². The molecule has 2 amide bonds. The Labute approximate surface area is 158 Å². The molecule has 0 spiro atoms. The van der Waals surface area contributed by atoms with Gasteiger partial charge in [0.1, 0.15) is 19.2 Å². The van der Waals surface area contributed by atoms with E-state index >= 15 is 0 Å². The average Bonchev–Trinajstić information content (AvgIpc) is 2.79. The van der Waals surface area contributed by atoms with Gasteiger partial charge >= 0.3 is 12.1 Å². The Kier molecular flexibility index (Phi) is 6.28. The first-order valence-electron chi connectivity index (χ1n) is 9.31. The molecule has 1 aromatic carbocycles. The molecule has 1 aromatic rings. The summed E-state index contributed by atoms with van der Waals surface area (Å²) >= 11 is 0. The van der Waals surface area contributed by atoms with Gasteiger partial charge in [0.15, 0.2) is 0 Å². The van der Waals surface area contributed by atoms with Gasteiger partial charge < -0.3 is 15.2 Å². The Hall–Kier alpha value is -2.61. The van der Waals surface area contributed by atoms with Crippen molar-refractivity contribution in [2.75, 3.05) is 13.1 Å². The van der Waals surface area contributed by atoms with Gasteiger partial charge in [-0.15, -0.1) is 0 Å². The molecule has 0 saturated carbocycles. The van der Waals surface area contributed by atoms with Gasteiger partial charge in [-0.1, -0.05) is 36.8 Å². The Morgan fingerprint density at radius 2 is 1.93 bits per heavy atom. The first-order chi connectivity index (χ1) is 13.0. The van der Waals surface area contributed by atoms with Crippen LogP contribution in [0.5, 0.6) is 0 Å². The molecule has 2 atom stereocenters. The molecule has 27 heavy (non-hydrogen) atoms. The minimum atomic E-state index is -1.07. The molecule has 0 bridgehead atoms. The van der Waals surface area contributed by atoms with E-state index < -0.39 is 30.6 Å². The summed E-state index contributed by atoms with van der Waals surface area (Å²) in [7, 11) is 0. The Balaban J connectivity index is 1.64. The predicted molar refractivity (Wildman–Crippen MR) is 96.5 cm³/mol. The molecule has 0 aromatic heterocycles. The van der Waals surface area contributed by atoms with Crippen molar-refractivity contribution in [2.45, 2.75) is 50.8 Å². The van der Waals surface area contributed by atoms with Crippen LogP contribution in [0.1, 0.15) is 37.7 Å². The summed E-state index contributed by atoms with van der Waals surface area (Å²) in [5.74, 6) is -1.46. The lowest BCUT2D eigenvalue weighted by molar-refractivity contribution is -0.164. The molecule has 2 aliphatic heterocycles. The van der Waals surface area contributed by atoms with Crippen molar-refractivity contribution in [3.8, 4) is 0 Å². The molecule has 0 radical (unpaired) electrons. The van der Waals surface area contributed by atoms with Crippen LogP contribution in [-0.2, 0) is 20.9 Å². The molecule has 2 fully saturated rings. The Morgan fingerprint density at radius 3 is 2.67 bits per heavy atom. The molecule has 0 aliphatic carbocycles. The van der Waals surface area contributed by atoms with E-state index in [0.29, 0.717) is 13.0 Å². The summed E-state index contributed by atoms with van der Waals surface area (Å²) < 4.78 is 5.20. The minimum Gasteiger partial charge on any atom is -0.480 e. The topological polar surface area (TPSA) is 99.2 Å². The van der Waals surface area contributed by atoms with Gasteiger partial charge in [0.2, 0.25) is 0 Å². The van der Waals surface area contributed by atoms with Gasteiger partial charge in [-0.25, -0.2) is 9.80 Å². The summed E-state index contributed by atoms with van der Waals surface area (Å²) in [6.07, 6.45) is 3.44. The number of carboxylic acids is 1. The van der Waals surface area contributed by atoms with Crippen molar-refractivity contribution in [1.82, 2.24) is 15.3 Å². The first kappa shape index (κ1) is 19.2. The fourth-order valence-corrected chi connectivity index (χ4v) is 3.72. The van der Waals surface area contributed by atoms with Crippen LogP contribution < -0.4 is 5.32 Å². The van der Waals surface area contributed by atoms with Crippen LogP contribution in [0.4, 0.5) is 4.79 Å². The van der Waals surface area contributed by atoms with Crippen molar-refractivity contribution in [1.29, 1.82) is 0 Å². The zero-order valence-corrected chi connectivity index (χ0v) is 15.2. The smallest absolute Gasteiger partial charge is 0.408 e. The van der Waals surface area contributed by atoms with Gasteiger partial charge in [0.05, 0.1) is 0 Å².